The zero-order valence-electron chi connectivity index (χ0n) is 8.09. The third kappa shape index (κ3) is 11.5. The lowest BCUT2D eigenvalue weighted by molar-refractivity contribution is 1.61. The monoisotopic (exact) mass is 162 g/mol. The van der Waals surface area contributed by atoms with Crippen LogP contribution in [0.1, 0.15) is 13.8 Å². The normalized spacial score (nSPS) is 10.0. The van der Waals surface area contributed by atoms with Crippen molar-refractivity contribution >= 4 is 0 Å². The van der Waals surface area contributed by atoms with Crippen molar-refractivity contribution in [2.75, 3.05) is 0 Å². The van der Waals surface area contributed by atoms with Gasteiger partial charge in [0.2, 0.25) is 0 Å². The first kappa shape index (κ1) is 13.3. The number of rotatable bonds is 3. The van der Waals surface area contributed by atoms with Crippen molar-refractivity contribution in [3.05, 3.63) is 61.8 Å². The van der Waals surface area contributed by atoms with Gasteiger partial charge in [-0.1, -0.05) is 49.6 Å². The average molecular weight is 162 g/mol. The minimum atomic E-state index is 1.12. The molecule has 0 amide bonds. The maximum atomic E-state index is 3.63. The van der Waals surface area contributed by atoms with Gasteiger partial charge in [-0.3, -0.25) is 0 Å². The number of allylic oxidation sites excluding steroid dienone is 7. The summed E-state index contributed by atoms with van der Waals surface area (Å²) in [4.78, 5) is 0. The minimum absolute atomic E-state index is 1.12. The molecule has 0 bridgehead atoms. The predicted molar refractivity (Wildman–Crippen MR) is 59.2 cm³/mol. The molecule has 0 unspecified atom stereocenters. The van der Waals surface area contributed by atoms with Crippen molar-refractivity contribution in [2.24, 2.45) is 0 Å². The summed E-state index contributed by atoms with van der Waals surface area (Å²) in [6, 6.07) is 0. The maximum Gasteiger partial charge on any atom is -0.0305 e. The summed E-state index contributed by atoms with van der Waals surface area (Å²) >= 11 is 0. The molecule has 12 heavy (non-hydrogen) atoms. The van der Waals surface area contributed by atoms with E-state index >= 15 is 0 Å². The number of hydrogen-bond donors (Lipinski definition) is 0. The Labute approximate surface area is 76.3 Å². The van der Waals surface area contributed by atoms with Crippen LogP contribution in [-0.2, 0) is 0 Å². The Bertz CT molecular complexity index is 180. The molecular formula is C12H18. The summed E-state index contributed by atoms with van der Waals surface area (Å²) < 4.78 is 0. The highest BCUT2D eigenvalue weighted by Gasteiger charge is 1.75. The first-order valence-electron chi connectivity index (χ1n) is 3.91. The van der Waals surface area contributed by atoms with Gasteiger partial charge in [0.15, 0.2) is 0 Å². The second kappa shape index (κ2) is 12.4. The van der Waals surface area contributed by atoms with Crippen LogP contribution in [0.2, 0.25) is 0 Å². The molecule has 0 aromatic carbocycles. The van der Waals surface area contributed by atoms with Gasteiger partial charge in [-0.25, -0.2) is 0 Å². The van der Waals surface area contributed by atoms with E-state index in [0.717, 1.165) is 5.57 Å². The van der Waals surface area contributed by atoms with Crippen molar-refractivity contribution in [1.29, 1.82) is 0 Å². The molecule has 0 aliphatic rings. The highest BCUT2D eigenvalue weighted by molar-refractivity contribution is 5.29. The molecule has 0 aliphatic carbocycles. The van der Waals surface area contributed by atoms with E-state index in [1.54, 1.807) is 18.2 Å². The molecule has 0 radical (unpaired) electrons. The van der Waals surface area contributed by atoms with Gasteiger partial charge in [0.25, 0.3) is 0 Å². The van der Waals surface area contributed by atoms with Crippen LogP contribution in [0.15, 0.2) is 61.8 Å². The Kier molecular flexibility index (Phi) is 13.7. The lowest BCUT2D eigenvalue weighted by atomic mass is 10.2. The van der Waals surface area contributed by atoms with Crippen molar-refractivity contribution in [3.8, 4) is 0 Å². The molecule has 0 heteroatoms. The van der Waals surface area contributed by atoms with E-state index in [0.29, 0.717) is 0 Å². The maximum absolute atomic E-state index is 3.63. The third-order valence-corrected chi connectivity index (χ3v) is 0.994. The fourth-order valence-electron chi connectivity index (χ4n) is 0.461. The molecule has 66 valence electrons. The summed E-state index contributed by atoms with van der Waals surface area (Å²) in [5, 5.41) is 0. The Morgan fingerprint density at radius 1 is 1.08 bits per heavy atom. The van der Waals surface area contributed by atoms with Gasteiger partial charge in [0.05, 0.1) is 0 Å². The van der Waals surface area contributed by atoms with E-state index in [-0.39, 0.29) is 0 Å². The van der Waals surface area contributed by atoms with Crippen LogP contribution in [0.3, 0.4) is 0 Å². The van der Waals surface area contributed by atoms with Gasteiger partial charge in [-0.2, -0.15) is 0 Å². The quantitative estimate of drug-likeness (QED) is 0.434. The predicted octanol–water partition coefficient (Wildman–Crippen LogP) is 4.05. The van der Waals surface area contributed by atoms with Crippen molar-refractivity contribution in [3.63, 3.8) is 0 Å². The van der Waals surface area contributed by atoms with Crippen LogP contribution >= 0.6 is 0 Å². The standard InChI is InChI=1S/C9H12.C3H6/c1-4-7-8-9(5-2)6-3;1-3-2/h4-8H,1-2H2,3H3;3H,1H2,2H3/b8-7-,9-6-;. The summed E-state index contributed by atoms with van der Waals surface area (Å²) in [7, 11) is 0. The highest BCUT2D eigenvalue weighted by atomic mass is 13.8. The van der Waals surface area contributed by atoms with Crippen LogP contribution in [0, 0.1) is 0 Å². The zero-order valence-corrected chi connectivity index (χ0v) is 8.09. The Morgan fingerprint density at radius 3 is 1.83 bits per heavy atom. The molecule has 0 saturated carbocycles. The smallest absolute Gasteiger partial charge is 0.0305 e. The minimum Gasteiger partial charge on any atom is -0.103 e. The molecular weight excluding hydrogens is 144 g/mol. The third-order valence-electron chi connectivity index (χ3n) is 0.994. The van der Waals surface area contributed by atoms with Crippen LogP contribution in [0.4, 0.5) is 0 Å². The Balaban J connectivity index is 0. The Hall–Kier alpha value is -1.30. The molecule has 0 fully saturated rings. The summed E-state index contributed by atoms with van der Waals surface area (Å²) in [5.41, 5.74) is 1.12. The zero-order chi connectivity index (χ0) is 9.82. The molecule has 0 saturated heterocycles. The van der Waals surface area contributed by atoms with Crippen molar-refractivity contribution < 1.29 is 0 Å². The van der Waals surface area contributed by atoms with Gasteiger partial charge >= 0.3 is 0 Å². The lowest BCUT2D eigenvalue weighted by Gasteiger charge is -1.85. The molecule has 0 spiro atoms. The fourth-order valence-corrected chi connectivity index (χ4v) is 0.461. The van der Waals surface area contributed by atoms with Crippen LogP contribution < -0.4 is 0 Å². The van der Waals surface area contributed by atoms with Gasteiger partial charge in [-0.05, 0) is 19.4 Å². The van der Waals surface area contributed by atoms with Crippen molar-refractivity contribution in [1.82, 2.24) is 0 Å². The van der Waals surface area contributed by atoms with Gasteiger partial charge in [0, 0.05) is 0 Å². The SMILES string of the molecule is C=C/C=C\C(C=C)=C/C.C=CC. The molecule has 0 aliphatic heterocycles. The highest BCUT2D eigenvalue weighted by Crippen LogP contribution is 1.96. The van der Waals surface area contributed by atoms with E-state index in [2.05, 4.69) is 19.7 Å². The first-order chi connectivity index (χ1) is 5.76. The molecule has 0 aromatic rings. The van der Waals surface area contributed by atoms with E-state index < -0.39 is 0 Å². The van der Waals surface area contributed by atoms with E-state index in [4.69, 9.17) is 0 Å². The molecule has 0 heterocycles. The molecule has 0 aromatic heterocycles. The summed E-state index contributed by atoms with van der Waals surface area (Å²) in [6.07, 6.45) is 11.1. The van der Waals surface area contributed by atoms with Crippen LogP contribution in [-0.4, -0.2) is 0 Å². The molecule has 0 rings (SSSR count). The van der Waals surface area contributed by atoms with E-state index in [1.807, 2.05) is 32.1 Å². The topological polar surface area (TPSA) is 0 Å². The van der Waals surface area contributed by atoms with E-state index in [1.165, 1.54) is 0 Å². The summed E-state index contributed by atoms with van der Waals surface area (Å²) in [6.45, 7) is 14.4. The molecule has 0 nitrogen and oxygen atoms in total. The summed E-state index contributed by atoms with van der Waals surface area (Å²) in [5.74, 6) is 0. The van der Waals surface area contributed by atoms with Crippen molar-refractivity contribution in [2.45, 2.75) is 13.8 Å². The van der Waals surface area contributed by atoms with Gasteiger partial charge in [0.1, 0.15) is 0 Å². The average Bonchev–Trinajstić information content (AvgIpc) is 2.08. The first-order valence-corrected chi connectivity index (χ1v) is 3.91. The fraction of sp³-hybridized carbons (Fsp3) is 0.167. The van der Waals surface area contributed by atoms with Gasteiger partial charge in [-0.15, -0.1) is 6.58 Å². The lowest BCUT2D eigenvalue weighted by Crippen LogP contribution is -1.64. The largest absolute Gasteiger partial charge is 0.103 e. The number of hydrogen-bond acceptors (Lipinski definition) is 0. The van der Waals surface area contributed by atoms with E-state index in [9.17, 15) is 0 Å². The Morgan fingerprint density at radius 2 is 1.58 bits per heavy atom. The molecule has 0 atom stereocenters. The second-order valence-electron chi connectivity index (χ2n) is 2.00. The van der Waals surface area contributed by atoms with Crippen LogP contribution in [0.25, 0.3) is 0 Å². The second-order valence-corrected chi connectivity index (χ2v) is 2.00. The van der Waals surface area contributed by atoms with Crippen LogP contribution in [0.5, 0.6) is 0 Å². The van der Waals surface area contributed by atoms with Gasteiger partial charge < -0.3 is 0 Å². The molecule has 0 N–H and O–H groups in total.